The number of urea groups is 1. The Labute approximate surface area is 151 Å². The van der Waals surface area contributed by atoms with E-state index in [0.29, 0.717) is 11.4 Å². The average molecular weight is 349 g/mol. The van der Waals surface area contributed by atoms with Crippen LogP contribution in [0, 0.1) is 26.7 Å². The minimum absolute atomic E-state index is 0.451. The number of aliphatic imine (C=N–C) groups is 1. The second-order valence-corrected chi connectivity index (χ2v) is 6.28. The second-order valence-electron chi connectivity index (χ2n) is 6.28. The van der Waals surface area contributed by atoms with Crippen molar-refractivity contribution < 1.29 is 14.4 Å². The van der Waals surface area contributed by atoms with Gasteiger partial charge in [0, 0.05) is 6.21 Å². The number of rotatable bonds is 3. The number of nitrogens with one attached hydrogen (secondary N) is 1. The molecule has 0 saturated carbocycles. The molecule has 0 spiro atoms. The van der Waals surface area contributed by atoms with Crippen LogP contribution in [0.25, 0.3) is 0 Å². The summed E-state index contributed by atoms with van der Waals surface area (Å²) in [6, 6.07) is 11.9. The lowest BCUT2D eigenvalue weighted by molar-refractivity contribution is -0.131. The first-order valence-electron chi connectivity index (χ1n) is 8.24. The van der Waals surface area contributed by atoms with E-state index in [4.69, 9.17) is 0 Å². The molecule has 132 valence electrons. The van der Waals surface area contributed by atoms with Crippen molar-refractivity contribution in [3.63, 3.8) is 0 Å². The molecular weight excluding hydrogens is 330 g/mol. The summed E-state index contributed by atoms with van der Waals surface area (Å²) in [6.07, 6.45) is 1.29. The van der Waals surface area contributed by atoms with Crippen molar-refractivity contribution in [1.29, 1.82) is 0 Å². The predicted octanol–water partition coefficient (Wildman–Crippen LogP) is 3.21. The van der Waals surface area contributed by atoms with Gasteiger partial charge in [0.25, 0.3) is 5.91 Å². The molecule has 0 unspecified atom stereocenters. The molecule has 6 heteroatoms. The lowest BCUT2D eigenvalue weighted by atomic mass is 10.0. The number of aryl methyl sites for hydroxylation is 3. The van der Waals surface area contributed by atoms with Crippen LogP contribution >= 0.6 is 0 Å². The highest BCUT2D eigenvalue weighted by molar-refractivity contribution is 6.32. The lowest BCUT2D eigenvalue weighted by Crippen LogP contribution is -2.58. The Morgan fingerprint density at radius 3 is 2.38 bits per heavy atom. The monoisotopic (exact) mass is 349 g/mol. The first kappa shape index (κ1) is 17.5. The van der Waals surface area contributed by atoms with Gasteiger partial charge in [-0.2, -0.15) is 0 Å². The summed E-state index contributed by atoms with van der Waals surface area (Å²) in [5.41, 5.74) is 4.05. The number of imide groups is 2. The molecule has 1 N–H and O–H groups in total. The molecule has 1 atom stereocenters. The third-order valence-corrected chi connectivity index (χ3v) is 4.42. The largest absolute Gasteiger partial charge is 0.335 e. The first-order chi connectivity index (χ1) is 12.4. The highest BCUT2D eigenvalue weighted by Gasteiger charge is 2.40. The predicted molar refractivity (Wildman–Crippen MR) is 99.8 cm³/mol. The summed E-state index contributed by atoms with van der Waals surface area (Å²) in [5, 5.41) is 2.23. The average Bonchev–Trinajstić information content (AvgIpc) is 2.59. The number of hydrogen-bond acceptors (Lipinski definition) is 4. The van der Waals surface area contributed by atoms with Crippen LogP contribution in [-0.2, 0) is 9.59 Å². The Balaban J connectivity index is 1.91. The van der Waals surface area contributed by atoms with Crippen LogP contribution in [-0.4, -0.2) is 24.1 Å². The zero-order chi connectivity index (χ0) is 18.8. The molecule has 1 aliphatic heterocycles. The summed E-state index contributed by atoms with van der Waals surface area (Å²) in [5.74, 6) is -2.44. The quantitative estimate of drug-likeness (QED) is 0.682. The summed E-state index contributed by atoms with van der Waals surface area (Å²) in [6.45, 7) is 5.75. The van der Waals surface area contributed by atoms with Crippen LogP contribution in [0.15, 0.2) is 47.5 Å². The topological polar surface area (TPSA) is 78.8 Å². The molecule has 0 radical (unpaired) electrons. The minimum atomic E-state index is -1.16. The number of carbonyl (C=O) groups is 3. The van der Waals surface area contributed by atoms with Crippen LogP contribution < -0.4 is 10.2 Å². The van der Waals surface area contributed by atoms with Crippen LogP contribution in [0.1, 0.15) is 16.7 Å². The Morgan fingerprint density at radius 2 is 1.69 bits per heavy atom. The summed E-state index contributed by atoms with van der Waals surface area (Å²) >= 11 is 0. The molecule has 26 heavy (non-hydrogen) atoms. The maximum atomic E-state index is 12.8. The molecule has 1 aliphatic rings. The number of para-hydroxylation sites is 1. The van der Waals surface area contributed by atoms with E-state index in [9.17, 15) is 14.4 Å². The number of carbonyl (C=O) groups excluding carboxylic acids is 3. The molecule has 2 aromatic rings. The van der Waals surface area contributed by atoms with Crippen LogP contribution in [0.2, 0.25) is 0 Å². The molecule has 0 bridgehead atoms. The van der Waals surface area contributed by atoms with Gasteiger partial charge >= 0.3 is 6.03 Å². The molecule has 0 aromatic heterocycles. The van der Waals surface area contributed by atoms with Crippen molar-refractivity contribution in [3.05, 3.63) is 59.2 Å². The van der Waals surface area contributed by atoms with Crippen molar-refractivity contribution in [1.82, 2.24) is 5.32 Å². The van der Waals surface area contributed by atoms with E-state index in [1.165, 1.54) is 6.21 Å². The van der Waals surface area contributed by atoms with Gasteiger partial charge < -0.3 is 0 Å². The molecule has 1 saturated heterocycles. The van der Waals surface area contributed by atoms with Gasteiger partial charge in [-0.15, -0.1) is 0 Å². The Kier molecular flexibility index (Phi) is 4.67. The molecule has 2 aromatic carbocycles. The van der Waals surface area contributed by atoms with Crippen LogP contribution in [0.3, 0.4) is 0 Å². The van der Waals surface area contributed by atoms with Gasteiger partial charge in [0.05, 0.1) is 11.4 Å². The number of barbiturate groups is 1. The van der Waals surface area contributed by atoms with Gasteiger partial charge in [-0.1, -0.05) is 24.3 Å². The molecule has 6 nitrogen and oxygen atoms in total. The van der Waals surface area contributed by atoms with E-state index in [-0.39, 0.29) is 0 Å². The van der Waals surface area contributed by atoms with E-state index in [0.717, 1.165) is 21.6 Å². The molecule has 3 rings (SSSR count). The van der Waals surface area contributed by atoms with Crippen LogP contribution in [0.4, 0.5) is 16.2 Å². The standard InChI is InChI=1S/C20H19N3O3/c1-12-8-9-15(10-14(12)3)21-11-16-18(24)22-20(26)23(19(16)25)17-7-5-4-6-13(17)2/h4-11,16H,1-3H3,(H,22,24,26)/t16-/m1/s1. The molecule has 1 heterocycles. The summed E-state index contributed by atoms with van der Waals surface area (Å²) in [4.78, 5) is 42.4. The van der Waals surface area contributed by atoms with Crippen molar-refractivity contribution in [3.8, 4) is 0 Å². The van der Waals surface area contributed by atoms with Crippen molar-refractivity contribution >= 4 is 35.4 Å². The van der Waals surface area contributed by atoms with Crippen molar-refractivity contribution in [2.75, 3.05) is 4.90 Å². The van der Waals surface area contributed by atoms with E-state index >= 15 is 0 Å². The minimum Gasteiger partial charge on any atom is -0.276 e. The molecule has 4 amide bonds. The number of amides is 4. The SMILES string of the molecule is Cc1ccc(N=C[C@@H]2C(=O)NC(=O)N(c3ccccc3C)C2=O)cc1C. The van der Waals surface area contributed by atoms with E-state index in [1.807, 2.05) is 38.1 Å². The smallest absolute Gasteiger partial charge is 0.276 e. The number of anilines is 1. The highest BCUT2D eigenvalue weighted by Crippen LogP contribution is 2.24. The van der Waals surface area contributed by atoms with Crippen molar-refractivity contribution in [2.45, 2.75) is 20.8 Å². The first-order valence-corrected chi connectivity index (χ1v) is 8.24. The third-order valence-electron chi connectivity index (χ3n) is 4.42. The maximum Gasteiger partial charge on any atom is 0.335 e. The summed E-state index contributed by atoms with van der Waals surface area (Å²) in [7, 11) is 0. The zero-order valence-corrected chi connectivity index (χ0v) is 14.8. The maximum absolute atomic E-state index is 12.8. The van der Waals surface area contributed by atoms with Crippen LogP contribution in [0.5, 0.6) is 0 Å². The number of benzene rings is 2. The fourth-order valence-electron chi connectivity index (χ4n) is 2.73. The fraction of sp³-hybridized carbons (Fsp3) is 0.200. The molecule has 1 fully saturated rings. The number of nitrogens with zero attached hydrogens (tertiary/aromatic N) is 2. The van der Waals surface area contributed by atoms with Gasteiger partial charge in [0.2, 0.25) is 5.91 Å². The highest BCUT2D eigenvalue weighted by atomic mass is 16.2. The Morgan fingerprint density at radius 1 is 0.962 bits per heavy atom. The van der Waals surface area contributed by atoms with E-state index < -0.39 is 23.8 Å². The fourth-order valence-corrected chi connectivity index (χ4v) is 2.73. The zero-order valence-electron chi connectivity index (χ0n) is 14.8. The van der Waals surface area contributed by atoms with Crippen molar-refractivity contribution in [2.24, 2.45) is 10.9 Å². The van der Waals surface area contributed by atoms with Gasteiger partial charge in [0.1, 0.15) is 0 Å². The van der Waals surface area contributed by atoms with Gasteiger partial charge in [-0.05, 0) is 55.7 Å². The van der Waals surface area contributed by atoms with Gasteiger partial charge in [-0.25, -0.2) is 9.69 Å². The number of hydrogen-bond donors (Lipinski definition) is 1. The van der Waals surface area contributed by atoms with Gasteiger partial charge in [-0.3, -0.25) is 19.9 Å². The van der Waals surface area contributed by atoms with E-state index in [2.05, 4.69) is 10.3 Å². The normalized spacial score (nSPS) is 17.7. The van der Waals surface area contributed by atoms with E-state index in [1.54, 1.807) is 25.1 Å². The Bertz CT molecular complexity index is 934. The molecule has 0 aliphatic carbocycles. The lowest BCUT2D eigenvalue weighted by Gasteiger charge is -2.29. The molecular formula is C20H19N3O3. The Hall–Kier alpha value is -3.28. The summed E-state index contributed by atoms with van der Waals surface area (Å²) < 4.78 is 0. The van der Waals surface area contributed by atoms with Gasteiger partial charge in [0.15, 0.2) is 5.92 Å². The third kappa shape index (κ3) is 3.26. The second kappa shape index (κ2) is 6.92.